The Morgan fingerprint density at radius 3 is 1.96 bits per heavy atom. The number of hydrogen-bond donors (Lipinski definition) is 0. The van der Waals surface area contributed by atoms with Crippen LogP contribution in [0.5, 0.6) is 11.5 Å². The SMILES string of the molecule is O=C(Oc1ccccc1-c1ccccc1[O-])c1ccccc1.[Cl-].[Mg+2]. The third-order valence-corrected chi connectivity index (χ3v) is 3.28. The van der Waals surface area contributed by atoms with Crippen LogP contribution in [-0.4, -0.2) is 29.0 Å². The van der Waals surface area contributed by atoms with Crippen LogP contribution in [0.4, 0.5) is 0 Å². The number of para-hydroxylation sites is 2. The molecular formula is C19H13ClMgO3. The number of esters is 1. The summed E-state index contributed by atoms with van der Waals surface area (Å²) in [5.41, 5.74) is 1.59. The Bertz CT molecular complexity index is 806. The van der Waals surface area contributed by atoms with Crippen LogP contribution >= 0.6 is 0 Å². The molecule has 5 heteroatoms. The largest absolute Gasteiger partial charge is 2.00 e. The molecule has 0 saturated carbocycles. The maximum absolute atomic E-state index is 12.2. The summed E-state index contributed by atoms with van der Waals surface area (Å²) in [6.07, 6.45) is 0. The zero-order chi connectivity index (χ0) is 15.4. The Labute approximate surface area is 162 Å². The van der Waals surface area contributed by atoms with E-state index in [2.05, 4.69) is 0 Å². The Balaban J connectivity index is 0.00000144. The van der Waals surface area contributed by atoms with Crippen LogP contribution in [0.2, 0.25) is 0 Å². The molecule has 0 heterocycles. The number of carbonyl (C=O) groups is 1. The van der Waals surface area contributed by atoms with E-state index in [1.165, 1.54) is 6.07 Å². The maximum atomic E-state index is 12.2. The minimum atomic E-state index is -0.448. The number of ether oxygens (including phenoxy) is 1. The summed E-state index contributed by atoms with van der Waals surface area (Å²) in [6, 6.07) is 22.5. The molecular weight excluding hydrogens is 336 g/mol. The predicted octanol–water partition coefficient (Wildman–Crippen LogP) is 0.270. The molecule has 0 radical (unpaired) electrons. The minimum absolute atomic E-state index is 0. The topological polar surface area (TPSA) is 49.4 Å². The van der Waals surface area contributed by atoms with E-state index in [0.29, 0.717) is 22.4 Å². The van der Waals surface area contributed by atoms with Gasteiger partial charge in [-0.05, 0) is 23.8 Å². The molecule has 0 unspecified atom stereocenters. The number of benzene rings is 3. The molecule has 0 spiro atoms. The number of rotatable bonds is 3. The van der Waals surface area contributed by atoms with Gasteiger partial charge < -0.3 is 22.3 Å². The van der Waals surface area contributed by atoms with Gasteiger partial charge in [0.1, 0.15) is 5.75 Å². The van der Waals surface area contributed by atoms with Gasteiger partial charge in [-0.15, -0.1) is 5.75 Å². The molecule has 0 aliphatic carbocycles. The van der Waals surface area contributed by atoms with E-state index < -0.39 is 5.97 Å². The van der Waals surface area contributed by atoms with Crippen LogP contribution in [0.3, 0.4) is 0 Å². The van der Waals surface area contributed by atoms with Crippen molar-refractivity contribution < 1.29 is 27.0 Å². The minimum Gasteiger partial charge on any atom is -1.00 e. The van der Waals surface area contributed by atoms with Gasteiger partial charge in [-0.2, -0.15) is 0 Å². The standard InChI is InChI=1S/C19H14O3.ClH.Mg/c20-17-12-6-4-10-15(17)16-11-5-7-13-18(16)22-19(21)14-8-2-1-3-9-14;;/h1-13,20H;1H;/q;;+2/p-2. The van der Waals surface area contributed by atoms with E-state index in [0.717, 1.165) is 0 Å². The number of carbonyl (C=O) groups excluding carboxylic acids is 1. The smallest absolute Gasteiger partial charge is 1.00 e. The van der Waals surface area contributed by atoms with Crippen LogP contribution in [-0.2, 0) is 0 Å². The zero-order valence-electron chi connectivity index (χ0n) is 12.8. The molecule has 0 bridgehead atoms. The molecule has 0 saturated heterocycles. The summed E-state index contributed by atoms with van der Waals surface area (Å²) in [4.78, 5) is 12.2. The van der Waals surface area contributed by atoms with Crippen LogP contribution in [0.15, 0.2) is 78.9 Å². The second-order valence-electron chi connectivity index (χ2n) is 4.75. The summed E-state index contributed by atoms with van der Waals surface area (Å²) in [5, 5.41) is 12.0. The van der Waals surface area contributed by atoms with Gasteiger partial charge in [0, 0.05) is 5.56 Å². The Kier molecular flexibility index (Phi) is 7.78. The van der Waals surface area contributed by atoms with Crippen molar-refractivity contribution in [2.75, 3.05) is 0 Å². The summed E-state index contributed by atoms with van der Waals surface area (Å²) in [7, 11) is 0. The van der Waals surface area contributed by atoms with Crippen molar-refractivity contribution in [2.45, 2.75) is 0 Å². The van der Waals surface area contributed by atoms with E-state index in [9.17, 15) is 9.90 Å². The summed E-state index contributed by atoms with van der Waals surface area (Å²) >= 11 is 0. The van der Waals surface area contributed by atoms with Gasteiger partial charge in [-0.3, -0.25) is 0 Å². The fourth-order valence-electron chi connectivity index (χ4n) is 2.20. The molecule has 0 N–H and O–H groups in total. The van der Waals surface area contributed by atoms with Gasteiger partial charge >= 0.3 is 29.0 Å². The quantitative estimate of drug-likeness (QED) is 0.388. The van der Waals surface area contributed by atoms with E-state index in [-0.39, 0.29) is 41.2 Å². The molecule has 3 aromatic rings. The second kappa shape index (κ2) is 9.32. The summed E-state index contributed by atoms with van der Waals surface area (Å²) in [6.45, 7) is 0. The van der Waals surface area contributed by atoms with Crippen molar-refractivity contribution in [1.82, 2.24) is 0 Å². The van der Waals surface area contributed by atoms with Gasteiger partial charge in [0.15, 0.2) is 0 Å². The average Bonchev–Trinajstić information content (AvgIpc) is 2.57. The van der Waals surface area contributed by atoms with Gasteiger partial charge in [-0.25, -0.2) is 4.79 Å². The van der Waals surface area contributed by atoms with Crippen LogP contribution < -0.4 is 22.3 Å². The molecule has 116 valence electrons. The molecule has 0 atom stereocenters. The van der Waals surface area contributed by atoms with E-state index in [1.807, 2.05) is 12.1 Å². The molecule has 3 nitrogen and oxygen atoms in total. The molecule has 0 aliphatic heterocycles. The molecule has 0 fully saturated rings. The molecule has 0 amide bonds. The Hall–Kier alpha value is -2.01. The third-order valence-electron chi connectivity index (χ3n) is 3.28. The van der Waals surface area contributed by atoms with Crippen molar-refractivity contribution in [1.29, 1.82) is 0 Å². The second-order valence-corrected chi connectivity index (χ2v) is 4.75. The molecule has 24 heavy (non-hydrogen) atoms. The third kappa shape index (κ3) is 4.51. The number of hydrogen-bond acceptors (Lipinski definition) is 3. The molecule has 3 aromatic carbocycles. The van der Waals surface area contributed by atoms with Gasteiger partial charge in [0.25, 0.3) is 0 Å². The molecule has 0 aromatic heterocycles. The van der Waals surface area contributed by atoms with E-state index in [1.54, 1.807) is 60.7 Å². The summed E-state index contributed by atoms with van der Waals surface area (Å²) in [5.74, 6) is -0.179. The Morgan fingerprint density at radius 1 is 0.750 bits per heavy atom. The normalized spacial score (nSPS) is 9.33. The van der Waals surface area contributed by atoms with Crippen molar-refractivity contribution in [3.05, 3.63) is 84.4 Å². The first-order chi connectivity index (χ1) is 10.8. The van der Waals surface area contributed by atoms with Crippen molar-refractivity contribution in [2.24, 2.45) is 0 Å². The number of halogens is 1. The first-order valence-electron chi connectivity index (χ1n) is 6.88. The van der Waals surface area contributed by atoms with Gasteiger partial charge in [0.2, 0.25) is 0 Å². The fourth-order valence-corrected chi connectivity index (χ4v) is 2.20. The van der Waals surface area contributed by atoms with Crippen molar-refractivity contribution in [3.63, 3.8) is 0 Å². The van der Waals surface area contributed by atoms with Crippen molar-refractivity contribution >= 4 is 29.0 Å². The average molecular weight is 349 g/mol. The first-order valence-corrected chi connectivity index (χ1v) is 6.88. The maximum Gasteiger partial charge on any atom is 2.00 e. The van der Waals surface area contributed by atoms with Crippen LogP contribution in [0.25, 0.3) is 11.1 Å². The van der Waals surface area contributed by atoms with Gasteiger partial charge in [-0.1, -0.05) is 60.7 Å². The van der Waals surface area contributed by atoms with Crippen LogP contribution in [0.1, 0.15) is 10.4 Å². The van der Waals surface area contributed by atoms with E-state index in [4.69, 9.17) is 4.74 Å². The monoisotopic (exact) mass is 348 g/mol. The fraction of sp³-hybridized carbons (Fsp3) is 0. The van der Waals surface area contributed by atoms with Crippen molar-refractivity contribution in [3.8, 4) is 22.6 Å². The Morgan fingerprint density at radius 2 is 1.29 bits per heavy atom. The van der Waals surface area contributed by atoms with Gasteiger partial charge in [0.05, 0.1) is 5.56 Å². The zero-order valence-corrected chi connectivity index (χ0v) is 15.0. The predicted molar refractivity (Wildman–Crippen MR) is 88.5 cm³/mol. The molecule has 3 rings (SSSR count). The van der Waals surface area contributed by atoms with Crippen LogP contribution in [0, 0.1) is 0 Å². The summed E-state index contributed by atoms with van der Waals surface area (Å²) < 4.78 is 5.46. The van der Waals surface area contributed by atoms with E-state index >= 15 is 0 Å². The first kappa shape index (κ1) is 20.0. The molecule has 0 aliphatic rings.